The van der Waals surface area contributed by atoms with Crippen LogP contribution in [0.15, 0.2) is 12.1 Å². The van der Waals surface area contributed by atoms with Gasteiger partial charge in [-0.2, -0.15) is 0 Å². The van der Waals surface area contributed by atoms with Gasteiger partial charge in [-0.05, 0) is 12.1 Å². The predicted molar refractivity (Wildman–Crippen MR) is 81.3 cm³/mol. The monoisotopic (exact) mass is 363 g/mol. The summed E-state index contributed by atoms with van der Waals surface area (Å²) in [4.78, 5) is 25.1. The molecule has 1 amide bonds. The number of hydrogen-bond acceptors (Lipinski definition) is 5. The number of carbonyl (C=O) groups excluding carboxylic acids is 2. The van der Waals surface area contributed by atoms with Gasteiger partial charge in [0.05, 0.1) is 38.4 Å². The van der Waals surface area contributed by atoms with E-state index in [1.165, 1.54) is 14.0 Å². The Kier molecular flexibility index (Phi) is 8.36. The Bertz CT molecular complexity index is 612. The van der Waals surface area contributed by atoms with Crippen LogP contribution in [0.25, 0.3) is 0 Å². The Balaban J connectivity index is 2.98. The number of nitrogens with zero attached hydrogens (tertiary/aromatic N) is 1. The molecule has 25 heavy (non-hydrogen) atoms. The number of ether oxygens (including phenoxy) is 2. The first kappa shape index (κ1) is 20.9. The number of halogens is 3. The van der Waals surface area contributed by atoms with Crippen LogP contribution in [0, 0.1) is 23.4 Å². The maximum atomic E-state index is 13.9. The van der Waals surface area contributed by atoms with Crippen LogP contribution < -0.4 is 0 Å². The molecule has 0 aliphatic carbocycles. The average molecular weight is 363 g/mol. The van der Waals surface area contributed by atoms with Crippen LogP contribution in [-0.2, 0) is 14.3 Å². The third-order valence-electron chi connectivity index (χ3n) is 3.39. The summed E-state index contributed by atoms with van der Waals surface area (Å²) in [6.07, 6.45) is 0. The largest absolute Gasteiger partial charge is 0.469 e. The molecule has 0 aliphatic rings. The molecule has 1 unspecified atom stereocenters. The SMILES string of the molecule is COC(=O)C(C)CN(CCOCCO)C(=O)c1ccc(F)c(F)c1F. The first-order valence-electron chi connectivity index (χ1n) is 7.52. The number of carbonyl (C=O) groups is 2. The second-order valence-corrected chi connectivity index (χ2v) is 5.23. The van der Waals surface area contributed by atoms with Crippen molar-refractivity contribution >= 4 is 11.9 Å². The molecule has 1 aromatic carbocycles. The maximum Gasteiger partial charge on any atom is 0.310 e. The first-order chi connectivity index (χ1) is 11.8. The summed E-state index contributed by atoms with van der Waals surface area (Å²) in [7, 11) is 1.18. The minimum Gasteiger partial charge on any atom is -0.469 e. The molecule has 0 saturated heterocycles. The van der Waals surface area contributed by atoms with Gasteiger partial charge >= 0.3 is 5.97 Å². The first-order valence-corrected chi connectivity index (χ1v) is 7.52. The lowest BCUT2D eigenvalue weighted by Crippen LogP contribution is -2.40. The summed E-state index contributed by atoms with van der Waals surface area (Å²) >= 11 is 0. The molecule has 0 heterocycles. The van der Waals surface area contributed by atoms with Gasteiger partial charge in [-0.25, -0.2) is 13.2 Å². The third-order valence-corrected chi connectivity index (χ3v) is 3.39. The third kappa shape index (κ3) is 5.71. The Hall–Kier alpha value is -2.13. The van der Waals surface area contributed by atoms with Gasteiger partial charge < -0.3 is 19.5 Å². The molecule has 140 valence electrons. The summed E-state index contributed by atoms with van der Waals surface area (Å²) in [5, 5.41) is 8.67. The van der Waals surface area contributed by atoms with Crippen LogP contribution in [0.1, 0.15) is 17.3 Å². The minimum atomic E-state index is -1.75. The lowest BCUT2D eigenvalue weighted by molar-refractivity contribution is -0.145. The molecule has 0 fully saturated rings. The van der Waals surface area contributed by atoms with Crippen LogP contribution in [0.2, 0.25) is 0 Å². The molecule has 0 spiro atoms. The van der Waals surface area contributed by atoms with Crippen molar-refractivity contribution in [3.05, 3.63) is 35.1 Å². The van der Waals surface area contributed by atoms with E-state index in [0.29, 0.717) is 6.07 Å². The van der Waals surface area contributed by atoms with Crippen molar-refractivity contribution in [2.75, 3.05) is 40.0 Å². The lowest BCUT2D eigenvalue weighted by atomic mass is 10.1. The number of amides is 1. The van der Waals surface area contributed by atoms with E-state index in [-0.39, 0.29) is 32.9 Å². The summed E-state index contributed by atoms with van der Waals surface area (Å²) in [6, 6.07) is 1.48. The van der Waals surface area contributed by atoms with Gasteiger partial charge in [-0.3, -0.25) is 9.59 Å². The zero-order valence-corrected chi connectivity index (χ0v) is 13.9. The summed E-state index contributed by atoms with van der Waals surface area (Å²) < 4.78 is 49.9. The van der Waals surface area contributed by atoms with Crippen molar-refractivity contribution in [2.24, 2.45) is 5.92 Å². The number of methoxy groups -OCH3 is 1. The van der Waals surface area contributed by atoms with E-state index < -0.39 is 40.8 Å². The lowest BCUT2D eigenvalue weighted by Gasteiger charge is -2.25. The molecule has 0 bridgehead atoms. The smallest absolute Gasteiger partial charge is 0.310 e. The number of aliphatic hydroxyl groups is 1. The van der Waals surface area contributed by atoms with Crippen molar-refractivity contribution in [1.29, 1.82) is 0 Å². The van der Waals surface area contributed by atoms with E-state index in [1.807, 2.05) is 0 Å². The highest BCUT2D eigenvalue weighted by Gasteiger charge is 2.26. The molecule has 1 rings (SSSR count). The highest BCUT2D eigenvalue weighted by atomic mass is 19.2. The van der Waals surface area contributed by atoms with E-state index in [9.17, 15) is 22.8 Å². The fraction of sp³-hybridized carbons (Fsp3) is 0.500. The molecule has 9 heteroatoms. The molecule has 0 saturated carbocycles. The summed E-state index contributed by atoms with van der Waals surface area (Å²) in [5.41, 5.74) is -0.655. The van der Waals surface area contributed by atoms with Crippen molar-refractivity contribution < 1.29 is 37.3 Å². The quantitative estimate of drug-likeness (QED) is 0.407. The highest BCUT2D eigenvalue weighted by Crippen LogP contribution is 2.18. The predicted octanol–water partition coefficient (Wildman–Crippen LogP) is 1.36. The Morgan fingerprint density at radius 2 is 1.88 bits per heavy atom. The number of aliphatic hydroxyl groups excluding tert-OH is 1. The Morgan fingerprint density at radius 3 is 2.48 bits per heavy atom. The van der Waals surface area contributed by atoms with Gasteiger partial charge in [0.25, 0.3) is 5.91 Å². The number of rotatable bonds is 9. The number of benzene rings is 1. The fourth-order valence-corrected chi connectivity index (χ4v) is 2.08. The molecular formula is C16H20F3NO5. The van der Waals surface area contributed by atoms with Gasteiger partial charge in [0.15, 0.2) is 17.5 Å². The van der Waals surface area contributed by atoms with Crippen molar-refractivity contribution in [3.8, 4) is 0 Å². The van der Waals surface area contributed by atoms with Crippen LogP contribution in [-0.4, -0.2) is 61.9 Å². The van der Waals surface area contributed by atoms with E-state index in [4.69, 9.17) is 9.84 Å². The second-order valence-electron chi connectivity index (χ2n) is 5.23. The molecule has 1 atom stereocenters. The number of hydrogen-bond donors (Lipinski definition) is 1. The van der Waals surface area contributed by atoms with E-state index in [2.05, 4.69) is 4.74 Å². The maximum absolute atomic E-state index is 13.9. The van der Waals surface area contributed by atoms with Crippen LogP contribution in [0.3, 0.4) is 0 Å². The molecule has 1 N–H and O–H groups in total. The molecule has 0 aromatic heterocycles. The standard InChI is InChI=1S/C16H20F3NO5/c1-10(16(23)24-2)9-20(5-7-25-8-6-21)15(22)11-3-4-12(17)14(19)13(11)18/h3-4,10,21H,5-9H2,1-2H3. The van der Waals surface area contributed by atoms with E-state index >= 15 is 0 Å². The van der Waals surface area contributed by atoms with Gasteiger partial charge in [0, 0.05) is 13.1 Å². The minimum absolute atomic E-state index is 0.00544. The van der Waals surface area contributed by atoms with Crippen molar-refractivity contribution in [3.63, 3.8) is 0 Å². The van der Waals surface area contributed by atoms with Gasteiger partial charge in [0.2, 0.25) is 0 Å². The van der Waals surface area contributed by atoms with Crippen LogP contribution in [0.4, 0.5) is 13.2 Å². The molecular weight excluding hydrogens is 343 g/mol. The normalized spacial score (nSPS) is 11.9. The van der Waals surface area contributed by atoms with Gasteiger partial charge in [-0.1, -0.05) is 6.92 Å². The Morgan fingerprint density at radius 1 is 1.20 bits per heavy atom. The molecule has 0 radical (unpaired) electrons. The van der Waals surface area contributed by atoms with Crippen molar-refractivity contribution in [2.45, 2.75) is 6.92 Å². The molecule has 0 aliphatic heterocycles. The number of esters is 1. The topological polar surface area (TPSA) is 76.1 Å². The van der Waals surface area contributed by atoms with Gasteiger partial charge in [-0.15, -0.1) is 0 Å². The fourth-order valence-electron chi connectivity index (χ4n) is 2.08. The second kappa shape index (κ2) is 10.00. The van der Waals surface area contributed by atoms with Crippen LogP contribution in [0.5, 0.6) is 0 Å². The van der Waals surface area contributed by atoms with Crippen LogP contribution >= 0.6 is 0 Å². The van der Waals surface area contributed by atoms with Crippen molar-refractivity contribution in [1.82, 2.24) is 4.90 Å². The molecule has 6 nitrogen and oxygen atoms in total. The average Bonchev–Trinajstić information content (AvgIpc) is 2.60. The van der Waals surface area contributed by atoms with E-state index in [0.717, 1.165) is 11.0 Å². The Labute approximate surface area is 143 Å². The zero-order chi connectivity index (χ0) is 19.0. The zero-order valence-electron chi connectivity index (χ0n) is 13.9. The van der Waals surface area contributed by atoms with Gasteiger partial charge in [0.1, 0.15) is 0 Å². The summed E-state index contributed by atoms with van der Waals surface area (Å²) in [5.74, 6) is -6.98. The van der Waals surface area contributed by atoms with E-state index in [1.54, 1.807) is 0 Å². The summed E-state index contributed by atoms with van der Waals surface area (Å²) in [6.45, 7) is 1.15. The highest BCUT2D eigenvalue weighted by molar-refractivity contribution is 5.94. The molecule has 1 aromatic rings.